The number of hydrogen-bond acceptors (Lipinski definition) is 3. The van der Waals surface area contributed by atoms with E-state index in [1.807, 2.05) is 0 Å². The van der Waals surface area contributed by atoms with Crippen molar-refractivity contribution in [3.63, 3.8) is 0 Å². The normalized spacial score (nSPS) is 13.0. The van der Waals surface area contributed by atoms with Crippen molar-refractivity contribution >= 4 is 15.5 Å². The van der Waals surface area contributed by atoms with E-state index >= 15 is 0 Å². The number of halogens is 2. The first-order valence-electron chi connectivity index (χ1n) is 6.29. The quantitative estimate of drug-likeness (QED) is 0.939. The van der Waals surface area contributed by atoms with Gasteiger partial charge in [-0.25, -0.2) is 17.2 Å². The molecule has 0 saturated carbocycles. The van der Waals surface area contributed by atoms with Gasteiger partial charge >= 0.3 is 0 Å². The van der Waals surface area contributed by atoms with Gasteiger partial charge in [0.05, 0.1) is 16.6 Å². The highest BCUT2D eigenvalue weighted by Gasteiger charge is 2.17. The second-order valence-corrected chi connectivity index (χ2v) is 6.78. The van der Waals surface area contributed by atoms with E-state index in [-0.39, 0.29) is 10.5 Å². The molecular weight excluding hydrogens is 296 g/mol. The Morgan fingerprint density at radius 1 is 1.10 bits per heavy atom. The number of hydrogen-bond donors (Lipinski definition) is 1. The van der Waals surface area contributed by atoms with Crippen molar-refractivity contribution in [3.8, 4) is 0 Å². The molecule has 2 aromatic carbocycles. The smallest absolute Gasteiger partial charge is 0.177 e. The molecule has 1 N–H and O–H groups in total. The Hall–Kier alpha value is -1.95. The zero-order valence-electron chi connectivity index (χ0n) is 11.6. The maximum Gasteiger partial charge on any atom is 0.177 e. The third-order valence-electron chi connectivity index (χ3n) is 3.08. The molecule has 0 aliphatic rings. The number of para-hydroxylation sites is 1. The molecule has 0 heterocycles. The van der Waals surface area contributed by atoms with Crippen LogP contribution in [0.15, 0.2) is 47.4 Å². The number of rotatable bonds is 4. The van der Waals surface area contributed by atoms with Crippen LogP contribution in [0.1, 0.15) is 18.5 Å². The van der Waals surface area contributed by atoms with Crippen LogP contribution >= 0.6 is 0 Å². The van der Waals surface area contributed by atoms with Crippen LogP contribution in [0.3, 0.4) is 0 Å². The van der Waals surface area contributed by atoms with Gasteiger partial charge in [-0.2, -0.15) is 0 Å². The lowest BCUT2D eigenvalue weighted by Crippen LogP contribution is -2.12. The summed E-state index contributed by atoms with van der Waals surface area (Å²) in [6.07, 6.45) is 1.10. The first kappa shape index (κ1) is 15.4. The van der Waals surface area contributed by atoms with Gasteiger partial charge in [0.15, 0.2) is 9.84 Å². The Balaban J connectivity index is 2.37. The monoisotopic (exact) mass is 311 g/mol. The summed E-state index contributed by atoms with van der Waals surface area (Å²) in [6, 6.07) is 8.93. The molecule has 2 rings (SSSR count). The average molecular weight is 311 g/mol. The van der Waals surface area contributed by atoms with Gasteiger partial charge in [0.25, 0.3) is 0 Å². The SMILES string of the molecule is CC(Nc1ccccc1S(C)(=O)=O)c1cc(F)ccc1F. The zero-order valence-corrected chi connectivity index (χ0v) is 12.4. The Morgan fingerprint density at radius 3 is 2.43 bits per heavy atom. The standard InChI is InChI=1S/C15H15F2NO2S/c1-10(12-9-11(16)7-8-13(12)17)18-14-5-3-4-6-15(14)21(2,19)20/h3-10,18H,1-2H3. The van der Waals surface area contributed by atoms with Gasteiger partial charge in [-0.1, -0.05) is 12.1 Å². The topological polar surface area (TPSA) is 46.2 Å². The van der Waals surface area contributed by atoms with Gasteiger partial charge in [-0.3, -0.25) is 0 Å². The summed E-state index contributed by atoms with van der Waals surface area (Å²) in [7, 11) is -3.41. The third kappa shape index (κ3) is 3.58. The summed E-state index contributed by atoms with van der Waals surface area (Å²) in [5.41, 5.74) is 0.495. The molecule has 0 bridgehead atoms. The lowest BCUT2D eigenvalue weighted by molar-refractivity contribution is 0.577. The molecule has 0 aliphatic heterocycles. The van der Waals surface area contributed by atoms with Crippen LogP contribution in [0.2, 0.25) is 0 Å². The highest BCUT2D eigenvalue weighted by Crippen LogP contribution is 2.27. The molecule has 3 nitrogen and oxygen atoms in total. The summed E-state index contributed by atoms with van der Waals surface area (Å²) in [6.45, 7) is 1.64. The van der Waals surface area contributed by atoms with E-state index in [1.54, 1.807) is 25.1 Å². The number of benzene rings is 2. The fraction of sp³-hybridized carbons (Fsp3) is 0.200. The van der Waals surface area contributed by atoms with E-state index in [0.29, 0.717) is 5.69 Å². The first-order valence-corrected chi connectivity index (χ1v) is 8.19. The Morgan fingerprint density at radius 2 is 1.76 bits per heavy atom. The van der Waals surface area contributed by atoms with Gasteiger partial charge in [-0.05, 0) is 37.3 Å². The molecule has 0 aromatic heterocycles. The summed E-state index contributed by atoms with van der Waals surface area (Å²) in [5.74, 6) is -1.09. The Kier molecular flexibility index (Phi) is 4.27. The number of nitrogens with one attached hydrogen (secondary N) is 1. The molecule has 0 amide bonds. The molecule has 112 valence electrons. The van der Waals surface area contributed by atoms with Crippen LogP contribution in [0, 0.1) is 11.6 Å². The lowest BCUT2D eigenvalue weighted by Gasteiger charge is -2.18. The minimum Gasteiger partial charge on any atom is -0.377 e. The molecule has 21 heavy (non-hydrogen) atoms. The third-order valence-corrected chi connectivity index (χ3v) is 4.24. The van der Waals surface area contributed by atoms with E-state index in [4.69, 9.17) is 0 Å². The second kappa shape index (κ2) is 5.81. The number of sulfone groups is 1. The zero-order chi connectivity index (χ0) is 15.6. The molecule has 0 radical (unpaired) electrons. The highest BCUT2D eigenvalue weighted by atomic mass is 32.2. The largest absolute Gasteiger partial charge is 0.377 e. The Labute approximate surface area is 122 Å². The predicted molar refractivity (Wildman–Crippen MR) is 77.9 cm³/mol. The van der Waals surface area contributed by atoms with E-state index in [9.17, 15) is 17.2 Å². The molecule has 0 spiro atoms. The van der Waals surface area contributed by atoms with Crippen molar-refractivity contribution in [1.29, 1.82) is 0 Å². The molecule has 0 fully saturated rings. The van der Waals surface area contributed by atoms with Gasteiger partial charge in [0, 0.05) is 11.8 Å². The summed E-state index contributed by atoms with van der Waals surface area (Å²) < 4.78 is 50.4. The first-order chi connectivity index (χ1) is 9.79. The second-order valence-electron chi connectivity index (χ2n) is 4.80. The molecule has 6 heteroatoms. The van der Waals surface area contributed by atoms with Crippen molar-refractivity contribution in [2.75, 3.05) is 11.6 Å². The van der Waals surface area contributed by atoms with Crippen LogP contribution in [-0.2, 0) is 9.84 Å². The average Bonchev–Trinajstić information content (AvgIpc) is 2.41. The molecule has 0 aliphatic carbocycles. The van der Waals surface area contributed by atoms with Crippen molar-refractivity contribution in [1.82, 2.24) is 0 Å². The van der Waals surface area contributed by atoms with Gasteiger partial charge < -0.3 is 5.32 Å². The van der Waals surface area contributed by atoms with E-state index < -0.39 is 27.5 Å². The molecule has 0 saturated heterocycles. The van der Waals surface area contributed by atoms with E-state index in [1.165, 1.54) is 6.07 Å². The molecular formula is C15H15F2NO2S. The maximum absolute atomic E-state index is 13.7. The molecule has 1 atom stereocenters. The predicted octanol–water partition coefficient (Wildman–Crippen LogP) is 3.54. The van der Waals surface area contributed by atoms with Crippen LogP contribution < -0.4 is 5.32 Å². The minimum absolute atomic E-state index is 0.119. The fourth-order valence-electron chi connectivity index (χ4n) is 2.07. The van der Waals surface area contributed by atoms with Crippen LogP contribution in [-0.4, -0.2) is 14.7 Å². The lowest BCUT2D eigenvalue weighted by atomic mass is 10.1. The Bertz CT molecular complexity index is 760. The van der Waals surface area contributed by atoms with Gasteiger partial charge in [0.1, 0.15) is 11.6 Å². The highest BCUT2D eigenvalue weighted by molar-refractivity contribution is 7.90. The van der Waals surface area contributed by atoms with Gasteiger partial charge in [0.2, 0.25) is 0 Å². The van der Waals surface area contributed by atoms with Gasteiger partial charge in [-0.15, -0.1) is 0 Å². The van der Waals surface area contributed by atoms with Crippen LogP contribution in [0.25, 0.3) is 0 Å². The summed E-state index contributed by atoms with van der Waals surface area (Å²) in [5, 5.41) is 2.92. The van der Waals surface area contributed by atoms with Crippen molar-refractivity contribution in [3.05, 3.63) is 59.7 Å². The van der Waals surface area contributed by atoms with Crippen molar-refractivity contribution < 1.29 is 17.2 Å². The van der Waals surface area contributed by atoms with Crippen LogP contribution in [0.4, 0.5) is 14.5 Å². The molecule has 2 aromatic rings. The van der Waals surface area contributed by atoms with Crippen LogP contribution in [0.5, 0.6) is 0 Å². The molecule has 1 unspecified atom stereocenters. The fourth-order valence-corrected chi connectivity index (χ4v) is 2.92. The summed E-state index contributed by atoms with van der Waals surface area (Å²) >= 11 is 0. The maximum atomic E-state index is 13.7. The number of anilines is 1. The van der Waals surface area contributed by atoms with E-state index in [2.05, 4.69) is 5.32 Å². The van der Waals surface area contributed by atoms with Crippen molar-refractivity contribution in [2.24, 2.45) is 0 Å². The van der Waals surface area contributed by atoms with E-state index in [0.717, 1.165) is 24.5 Å². The minimum atomic E-state index is -3.41. The summed E-state index contributed by atoms with van der Waals surface area (Å²) in [4.78, 5) is 0.119. The van der Waals surface area contributed by atoms with Crippen molar-refractivity contribution in [2.45, 2.75) is 17.9 Å².